The summed E-state index contributed by atoms with van der Waals surface area (Å²) in [6.45, 7) is 3.54. The van der Waals surface area contributed by atoms with Crippen LogP contribution >= 0.6 is 31.9 Å². The average Bonchev–Trinajstić information content (AvgIpc) is 2.96. The molecule has 1 aromatic heterocycles. The molecule has 0 fully saturated rings. The van der Waals surface area contributed by atoms with Crippen molar-refractivity contribution in [3.63, 3.8) is 0 Å². The SMILES string of the molecule is CCOc1c(Br)cc(Br)cc1CNCC(O)c1ccco1. The van der Waals surface area contributed by atoms with E-state index in [1.807, 2.05) is 19.1 Å². The van der Waals surface area contributed by atoms with Crippen molar-refractivity contribution in [2.45, 2.75) is 19.6 Å². The first-order valence-electron chi connectivity index (χ1n) is 6.64. The lowest BCUT2D eigenvalue weighted by molar-refractivity contribution is 0.147. The third kappa shape index (κ3) is 4.57. The summed E-state index contributed by atoms with van der Waals surface area (Å²) >= 11 is 6.98. The first-order valence-corrected chi connectivity index (χ1v) is 8.23. The highest BCUT2D eigenvalue weighted by molar-refractivity contribution is 9.11. The maximum absolute atomic E-state index is 9.96. The van der Waals surface area contributed by atoms with Crippen LogP contribution in [0.15, 0.2) is 43.9 Å². The number of rotatable bonds is 7. The zero-order valence-electron chi connectivity index (χ0n) is 11.6. The predicted molar refractivity (Wildman–Crippen MR) is 88.4 cm³/mol. The van der Waals surface area contributed by atoms with Gasteiger partial charge in [0.1, 0.15) is 17.6 Å². The Morgan fingerprint density at radius 2 is 2.19 bits per heavy atom. The molecule has 2 aromatic rings. The summed E-state index contributed by atoms with van der Waals surface area (Å²) in [7, 11) is 0. The summed E-state index contributed by atoms with van der Waals surface area (Å²) in [6, 6.07) is 7.47. The highest BCUT2D eigenvalue weighted by Crippen LogP contribution is 2.33. The van der Waals surface area contributed by atoms with Crippen molar-refractivity contribution in [1.29, 1.82) is 0 Å². The molecule has 1 unspecified atom stereocenters. The van der Waals surface area contributed by atoms with Crippen LogP contribution in [0.2, 0.25) is 0 Å². The molecule has 114 valence electrons. The number of ether oxygens (including phenoxy) is 1. The molecule has 0 bridgehead atoms. The van der Waals surface area contributed by atoms with Crippen molar-refractivity contribution in [2.24, 2.45) is 0 Å². The third-order valence-corrected chi connectivity index (χ3v) is 3.95. The van der Waals surface area contributed by atoms with Gasteiger partial charge in [-0.2, -0.15) is 0 Å². The molecule has 4 nitrogen and oxygen atoms in total. The standard InChI is InChI=1S/C15H17Br2NO3/c1-2-20-15-10(6-11(16)7-12(15)17)8-18-9-13(19)14-4-3-5-21-14/h3-7,13,18-19H,2,8-9H2,1H3. The van der Waals surface area contributed by atoms with Gasteiger partial charge in [0.05, 0.1) is 17.3 Å². The molecule has 0 aliphatic rings. The Balaban J connectivity index is 1.99. The van der Waals surface area contributed by atoms with Crippen molar-refractivity contribution in [3.8, 4) is 5.75 Å². The fraction of sp³-hybridized carbons (Fsp3) is 0.333. The molecule has 0 aliphatic carbocycles. The van der Waals surface area contributed by atoms with Crippen LogP contribution < -0.4 is 10.1 Å². The Morgan fingerprint density at radius 3 is 2.86 bits per heavy atom. The molecule has 1 heterocycles. The van der Waals surface area contributed by atoms with Crippen LogP contribution in [0.4, 0.5) is 0 Å². The molecule has 0 spiro atoms. The summed E-state index contributed by atoms with van der Waals surface area (Å²) in [6.07, 6.45) is 0.892. The van der Waals surface area contributed by atoms with E-state index in [-0.39, 0.29) is 0 Å². The molecule has 0 aliphatic heterocycles. The van der Waals surface area contributed by atoms with Gasteiger partial charge in [-0.1, -0.05) is 15.9 Å². The van der Waals surface area contributed by atoms with Crippen molar-refractivity contribution in [2.75, 3.05) is 13.2 Å². The Hall–Kier alpha value is -0.820. The van der Waals surface area contributed by atoms with Crippen LogP contribution in [0, 0.1) is 0 Å². The van der Waals surface area contributed by atoms with Crippen molar-refractivity contribution in [3.05, 3.63) is 50.8 Å². The second-order valence-corrected chi connectivity index (χ2v) is 6.24. The molecule has 2 N–H and O–H groups in total. The van der Waals surface area contributed by atoms with Gasteiger partial charge in [-0.15, -0.1) is 0 Å². The van der Waals surface area contributed by atoms with E-state index in [2.05, 4.69) is 37.2 Å². The fourth-order valence-electron chi connectivity index (χ4n) is 1.98. The van der Waals surface area contributed by atoms with Gasteiger partial charge in [0.25, 0.3) is 0 Å². The first-order chi connectivity index (χ1) is 10.1. The number of aliphatic hydroxyl groups is 1. The maximum Gasteiger partial charge on any atom is 0.138 e. The van der Waals surface area contributed by atoms with Crippen LogP contribution in [0.5, 0.6) is 5.75 Å². The van der Waals surface area contributed by atoms with E-state index in [1.54, 1.807) is 18.4 Å². The van der Waals surface area contributed by atoms with E-state index in [1.165, 1.54) is 0 Å². The summed E-state index contributed by atoms with van der Waals surface area (Å²) in [5, 5.41) is 13.2. The van der Waals surface area contributed by atoms with E-state index >= 15 is 0 Å². The number of hydrogen-bond donors (Lipinski definition) is 2. The zero-order chi connectivity index (χ0) is 15.2. The summed E-state index contributed by atoms with van der Waals surface area (Å²) in [4.78, 5) is 0. The topological polar surface area (TPSA) is 54.6 Å². The Kier molecular flexibility index (Phi) is 6.29. The van der Waals surface area contributed by atoms with Gasteiger partial charge in [0.15, 0.2) is 0 Å². The van der Waals surface area contributed by atoms with Crippen LogP contribution in [0.25, 0.3) is 0 Å². The molecule has 1 atom stereocenters. The number of nitrogens with one attached hydrogen (secondary N) is 1. The van der Waals surface area contributed by atoms with Gasteiger partial charge in [-0.05, 0) is 47.1 Å². The smallest absolute Gasteiger partial charge is 0.138 e. The Labute approximate surface area is 140 Å². The number of benzene rings is 1. The van der Waals surface area contributed by atoms with Crippen LogP contribution in [-0.2, 0) is 6.54 Å². The van der Waals surface area contributed by atoms with Gasteiger partial charge >= 0.3 is 0 Å². The largest absolute Gasteiger partial charge is 0.492 e. The van der Waals surface area contributed by atoms with E-state index in [0.29, 0.717) is 25.5 Å². The lowest BCUT2D eigenvalue weighted by atomic mass is 10.2. The molecular weight excluding hydrogens is 402 g/mol. The lowest BCUT2D eigenvalue weighted by Crippen LogP contribution is -2.21. The third-order valence-electron chi connectivity index (χ3n) is 2.90. The Morgan fingerprint density at radius 1 is 1.38 bits per heavy atom. The van der Waals surface area contributed by atoms with E-state index in [9.17, 15) is 5.11 Å². The van der Waals surface area contributed by atoms with Crippen LogP contribution in [0.1, 0.15) is 24.4 Å². The lowest BCUT2D eigenvalue weighted by Gasteiger charge is -2.15. The second-order valence-electron chi connectivity index (χ2n) is 4.47. The molecule has 0 radical (unpaired) electrons. The number of aliphatic hydroxyl groups excluding tert-OH is 1. The molecule has 0 saturated heterocycles. The van der Waals surface area contributed by atoms with E-state index in [0.717, 1.165) is 20.3 Å². The normalized spacial score (nSPS) is 12.4. The highest BCUT2D eigenvalue weighted by atomic mass is 79.9. The van der Waals surface area contributed by atoms with Crippen LogP contribution in [0.3, 0.4) is 0 Å². The monoisotopic (exact) mass is 417 g/mol. The number of halogens is 2. The van der Waals surface area contributed by atoms with Crippen LogP contribution in [-0.4, -0.2) is 18.3 Å². The fourth-order valence-corrected chi connectivity index (χ4v) is 3.40. The van der Waals surface area contributed by atoms with Gasteiger partial charge < -0.3 is 19.6 Å². The molecule has 2 rings (SSSR count). The maximum atomic E-state index is 9.96. The molecule has 0 amide bonds. The summed E-state index contributed by atoms with van der Waals surface area (Å²) in [5.74, 6) is 1.38. The van der Waals surface area contributed by atoms with Gasteiger partial charge in [-0.25, -0.2) is 0 Å². The number of furan rings is 1. The van der Waals surface area contributed by atoms with Crippen molar-refractivity contribution >= 4 is 31.9 Å². The van der Waals surface area contributed by atoms with Crippen molar-refractivity contribution < 1.29 is 14.3 Å². The zero-order valence-corrected chi connectivity index (χ0v) is 14.8. The minimum absolute atomic E-state index is 0.406. The minimum atomic E-state index is -0.661. The molecule has 6 heteroatoms. The van der Waals surface area contributed by atoms with Gasteiger partial charge in [-0.3, -0.25) is 0 Å². The summed E-state index contributed by atoms with van der Waals surface area (Å²) < 4.78 is 12.7. The Bertz CT molecular complexity index is 573. The van der Waals surface area contributed by atoms with Crippen molar-refractivity contribution in [1.82, 2.24) is 5.32 Å². The quantitative estimate of drug-likeness (QED) is 0.712. The average molecular weight is 419 g/mol. The molecule has 0 saturated carbocycles. The second kappa shape index (κ2) is 7.98. The first kappa shape index (κ1) is 16.5. The summed E-state index contributed by atoms with van der Waals surface area (Å²) in [5.41, 5.74) is 1.02. The highest BCUT2D eigenvalue weighted by Gasteiger charge is 2.12. The molecular formula is C15H17Br2NO3. The van der Waals surface area contributed by atoms with Gasteiger partial charge in [0, 0.05) is 23.1 Å². The minimum Gasteiger partial charge on any atom is -0.492 e. The molecule has 21 heavy (non-hydrogen) atoms. The molecule has 1 aromatic carbocycles. The van der Waals surface area contributed by atoms with Gasteiger partial charge in [0.2, 0.25) is 0 Å². The number of hydrogen-bond acceptors (Lipinski definition) is 4. The predicted octanol–water partition coefficient (Wildman–Crippen LogP) is 4.03. The van der Waals surface area contributed by atoms with E-state index in [4.69, 9.17) is 9.15 Å². The van der Waals surface area contributed by atoms with E-state index < -0.39 is 6.10 Å².